The van der Waals surface area contributed by atoms with Crippen LogP contribution in [0.4, 0.5) is 0 Å². The van der Waals surface area contributed by atoms with Crippen molar-refractivity contribution in [1.29, 1.82) is 5.26 Å². The highest BCUT2D eigenvalue weighted by Gasteiger charge is 2.11. The third-order valence-corrected chi connectivity index (χ3v) is 2.95. The molecule has 0 amide bonds. The molecule has 0 saturated heterocycles. The van der Waals surface area contributed by atoms with E-state index in [1.165, 1.54) is 19.2 Å². The fourth-order valence-corrected chi connectivity index (χ4v) is 1.78. The Labute approximate surface area is 122 Å². The van der Waals surface area contributed by atoms with Gasteiger partial charge in [0.25, 0.3) is 0 Å². The molecule has 2 aromatic rings. The molecule has 1 N–H and O–H groups in total. The number of carboxylic acid groups (broad SMARTS) is 1. The Balaban J connectivity index is 2.40. The van der Waals surface area contributed by atoms with Crippen LogP contribution in [0.1, 0.15) is 21.5 Å². The van der Waals surface area contributed by atoms with Gasteiger partial charge in [-0.2, -0.15) is 5.26 Å². The van der Waals surface area contributed by atoms with Gasteiger partial charge < -0.3 is 14.6 Å². The number of carboxylic acids is 1. The second-order valence-electron chi connectivity index (χ2n) is 4.36. The largest absolute Gasteiger partial charge is 0.493 e. The molecule has 0 unspecified atom stereocenters. The van der Waals surface area contributed by atoms with Gasteiger partial charge in [0.05, 0.1) is 24.3 Å². The molecule has 5 heteroatoms. The van der Waals surface area contributed by atoms with Crippen LogP contribution in [0, 0.1) is 18.3 Å². The summed E-state index contributed by atoms with van der Waals surface area (Å²) in [6, 6.07) is 11.4. The number of aromatic carboxylic acids is 1. The van der Waals surface area contributed by atoms with E-state index in [2.05, 4.69) is 0 Å². The summed E-state index contributed by atoms with van der Waals surface area (Å²) in [4.78, 5) is 11.0. The van der Waals surface area contributed by atoms with Crippen LogP contribution in [0.5, 0.6) is 17.2 Å². The Hall–Kier alpha value is -3.00. The highest BCUT2D eigenvalue weighted by molar-refractivity contribution is 5.88. The summed E-state index contributed by atoms with van der Waals surface area (Å²) in [6.07, 6.45) is 0. The maximum absolute atomic E-state index is 11.0. The van der Waals surface area contributed by atoms with E-state index >= 15 is 0 Å². The lowest BCUT2D eigenvalue weighted by Crippen LogP contribution is -1.98. The van der Waals surface area contributed by atoms with Gasteiger partial charge in [0, 0.05) is 6.07 Å². The highest BCUT2D eigenvalue weighted by atomic mass is 16.5. The summed E-state index contributed by atoms with van der Waals surface area (Å²) in [7, 11) is 1.48. The third kappa shape index (κ3) is 3.12. The molecule has 0 saturated carbocycles. The molecule has 0 heterocycles. The van der Waals surface area contributed by atoms with Crippen LogP contribution in [0.2, 0.25) is 0 Å². The normalized spacial score (nSPS) is 9.76. The van der Waals surface area contributed by atoms with E-state index < -0.39 is 5.97 Å². The van der Waals surface area contributed by atoms with Crippen molar-refractivity contribution in [3.8, 4) is 23.3 Å². The van der Waals surface area contributed by atoms with E-state index in [9.17, 15) is 4.79 Å². The molecular weight excluding hydrogens is 270 g/mol. The van der Waals surface area contributed by atoms with E-state index in [0.717, 1.165) is 5.56 Å². The van der Waals surface area contributed by atoms with Crippen molar-refractivity contribution in [2.75, 3.05) is 7.11 Å². The quantitative estimate of drug-likeness (QED) is 0.930. The fraction of sp³-hybridized carbons (Fsp3) is 0.125. The molecule has 0 aromatic heterocycles. The Kier molecular flexibility index (Phi) is 4.10. The lowest BCUT2D eigenvalue weighted by Gasteiger charge is -2.12. The molecule has 0 aliphatic heterocycles. The van der Waals surface area contributed by atoms with Crippen LogP contribution in [0.25, 0.3) is 0 Å². The topological polar surface area (TPSA) is 79.5 Å². The standard InChI is InChI=1S/C16H13NO4/c1-10-3-5-12(16(18)19)8-14(10)21-13-6-4-11(9-17)7-15(13)20-2/h3-8H,1-2H3,(H,18,19). The van der Waals surface area contributed by atoms with E-state index in [4.69, 9.17) is 19.8 Å². The van der Waals surface area contributed by atoms with Crippen molar-refractivity contribution in [3.05, 3.63) is 53.1 Å². The second-order valence-corrected chi connectivity index (χ2v) is 4.36. The minimum absolute atomic E-state index is 0.142. The van der Waals surface area contributed by atoms with Gasteiger partial charge in [-0.3, -0.25) is 0 Å². The second kappa shape index (κ2) is 5.97. The smallest absolute Gasteiger partial charge is 0.335 e. The lowest BCUT2D eigenvalue weighted by molar-refractivity contribution is 0.0696. The average molecular weight is 283 g/mol. The molecule has 21 heavy (non-hydrogen) atoms. The Bertz CT molecular complexity index is 732. The number of hydrogen-bond acceptors (Lipinski definition) is 4. The Morgan fingerprint density at radius 3 is 2.52 bits per heavy atom. The maximum Gasteiger partial charge on any atom is 0.335 e. The molecule has 5 nitrogen and oxygen atoms in total. The van der Waals surface area contributed by atoms with Crippen LogP contribution in [0.15, 0.2) is 36.4 Å². The van der Waals surface area contributed by atoms with Crippen LogP contribution in [-0.2, 0) is 0 Å². The van der Waals surface area contributed by atoms with Gasteiger partial charge in [0.1, 0.15) is 5.75 Å². The number of hydrogen-bond donors (Lipinski definition) is 1. The molecule has 0 spiro atoms. The maximum atomic E-state index is 11.0. The van der Waals surface area contributed by atoms with Crippen LogP contribution in [-0.4, -0.2) is 18.2 Å². The number of aryl methyl sites for hydroxylation is 1. The van der Waals surface area contributed by atoms with Gasteiger partial charge in [-0.25, -0.2) is 4.79 Å². The van der Waals surface area contributed by atoms with Crippen LogP contribution in [0.3, 0.4) is 0 Å². The first kappa shape index (κ1) is 14.4. The summed E-state index contributed by atoms with van der Waals surface area (Å²) in [5.74, 6) is 0.237. The zero-order chi connectivity index (χ0) is 15.4. The van der Waals surface area contributed by atoms with Gasteiger partial charge in [0.2, 0.25) is 0 Å². The molecule has 0 radical (unpaired) electrons. The Morgan fingerprint density at radius 2 is 1.90 bits per heavy atom. The summed E-state index contributed by atoms with van der Waals surface area (Å²) in [5, 5.41) is 17.9. The number of nitriles is 1. The van der Waals surface area contributed by atoms with Crippen molar-refractivity contribution < 1.29 is 19.4 Å². The van der Waals surface area contributed by atoms with Crippen molar-refractivity contribution in [2.24, 2.45) is 0 Å². The minimum atomic E-state index is -1.02. The monoisotopic (exact) mass is 283 g/mol. The molecule has 2 rings (SSSR count). The zero-order valence-corrected chi connectivity index (χ0v) is 11.6. The Morgan fingerprint density at radius 1 is 1.14 bits per heavy atom. The van der Waals surface area contributed by atoms with Gasteiger partial charge in [-0.05, 0) is 36.8 Å². The first-order valence-corrected chi connectivity index (χ1v) is 6.15. The first-order chi connectivity index (χ1) is 10.0. The zero-order valence-electron chi connectivity index (χ0n) is 11.6. The third-order valence-electron chi connectivity index (χ3n) is 2.95. The predicted molar refractivity (Wildman–Crippen MR) is 75.9 cm³/mol. The van der Waals surface area contributed by atoms with Crippen molar-refractivity contribution in [2.45, 2.75) is 6.92 Å². The van der Waals surface area contributed by atoms with Crippen molar-refractivity contribution in [3.63, 3.8) is 0 Å². The molecule has 2 aromatic carbocycles. The lowest BCUT2D eigenvalue weighted by atomic mass is 10.1. The summed E-state index contributed by atoms with van der Waals surface area (Å²) in [6.45, 7) is 1.82. The molecule has 0 aliphatic carbocycles. The first-order valence-electron chi connectivity index (χ1n) is 6.15. The SMILES string of the molecule is COc1cc(C#N)ccc1Oc1cc(C(=O)O)ccc1C. The fourth-order valence-electron chi connectivity index (χ4n) is 1.78. The van der Waals surface area contributed by atoms with E-state index in [1.807, 2.05) is 13.0 Å². The molecular formula is C16H13NO4. The minimum Gasteiger partial charge on any atom is -0.493 e. The molecule has 0 aliphatic rings. The van der Waals surface area contributed by atoms with Gasteiger partial charge in [0.15, 0.2) is 11.5 Å². The summed E-state index contributed by atoms with van der Waals surface area (Å²) in [5.41, 5.74) is 1.39. The predicted octanol–water partition coefficient (Wildman–Crippen LogP) is 3.37. The molecule has 0 bridgehead atoms. The number of ether oxygens (including phenoxy) is 2. The number of nitrogens with zero attached hydrogens (tertiary/aromatic N) is 1. The summed E-state index contributed by atoms with van der Waals surface area (Å²) >= 11 is 0. The van der Waals surface area contributed by atoms with E-state index in [1.54, 1.807) is 24.3 Å². The molecule has 0 fully saturated rings. The summed E-state index contributed by atoms with van der Waals surface area (Å²) < 4.78 is 10.9. The van der Waals surface area contributed by atoms with Crippen molar-refractivity contribution in [1.82, 2.24) is 0 Å². The van der Waals surface area contributed by atoms with Crippen molar-refractivity contribution >= 4 is 5.97 Å². The highest BCUT2D eigenvalue weighted by Crippen LogP contribution is 2.34. The van der Waals surface area contributed by atoms with Gasteiger partial charge in [-0.1, -0.05) is 6.07 Å². The van der Waals surface area contributed by atoms with E-state index in [0.29, 0.717) is 22.8 Å². The van der Waals surface area contributed by atoms with E-state index in [-0.39, 0.29) is 5.56 Å². The number of carbonyl (C=O) groups is 1. The number of methoxy groups -OCH3 is 1. The van der Waals surface area contributed by atoms with Crippen LogP contribution < -0.4 is 9.47 Å². The average Bonchev–Trinajstić information content (AvgIpc) is 2.49. The van der Waals surface area contributed by atoms with Crippen LogP contribution >= 0.6 is 0 Å². The number of rotatable bonds is 4. The number of benzene rings is 2. The molecule has 0 atom stereocenters. The van der Waals surface area contributed by atoms with Gasteiger partial charge in [-0.15, -0.1) is 0 Å². The molecule has 106 valence electrons. The van der Waals surface area contributed by atoms with Gasteiger partial charge >= 0.3 is 5.97 Å².